The highest BCUT2D eigenvalue weighted by molar-refractivity contribution is 5.84. The summed E-state index contributed by atoms with van der Waals surface area (Å²) in [5, 5.41) is 21.9. The largest absolute Gasteiger partial charge is 0.392 e. The first-order valence-electron chi connectivity index (χ1n) is 10.3. The second kappa shape index (κ2) is 8.13. The van der Waals surface area contributed by atoms with E-state index in [4.69, 9.17) is 4.98 Å². The molecule has 4 rings (SSSR count). The third-order valence-corrected chi connectivity index (χ3v) is 6.23. The summed E-state index contributed by atoms with van der Waals surface area (Å²) in [5.41, 5.74) is 2.96. The van der Waals surface area contributed by atoms with Crippen molar-refractivity contribution in [2.45, 2.75) is 57.8 Å². The molecule has 0 aliphatic carbocycles. The van der Waals surface area contributed by atoms with Crippen molar-refractivity contribution >= 4 is 16.7 Å². The lowest BCUT2D eigenvalue weighted by Crippen LogP contribution is -2.54. The summed E-state index contributed by atoms with van der Waals surface area (Å²) in [6, 6.07) is 8.42. The quantitative estimate of drug-likeness (QED) is 0.871. The number of β-amino-alcohol motifs (C(OH)–C–C–N with tert-alkyl or cyclic N) is 1. The fraction of sp³-hybridized carbons (Fsp3) is 0.591. The molecule has 1 aromatic heterocycles. The van der Waals surface area contributed by atoms with E-state index < -0.39 is 0 Å². The first-order valence-corrected chi connectivity index (χ1v) is 10.3. The van der Waals surface area contributed by atoms with Crippen molar-refractivity contribution in [3.63, 3.8) is 0 Å². The predicted molar refractivity (Wildman–Crippen MR) is 109 cm³/mol. The van der Waals surface area contributed by atoms with Crippen LogP contribution in [-0.4, -0.2) is 58.4 Å². The fourth-order valence-electron chi connectivity index (χ4n) is 4.74. The molecule has 1 aromatic carbocycles. The normalized spacial score (nSPS) is 24.9. The maximum atomic E-state index is 10.9. The number of likely N-dealkylation sites (tertiary alicyclic amines) is 1. The predicted octanol–water partition coefficient (Wildman–Crippen LogP) is 2.85. The van der Waals surface area contributed by atoms with Crippen LogP contribution in [0.15, 0.2) is 24.3 Å². The Morgan fingerprint density at radius 1 is 1.11 bits per heavy atom. The lowest BCUT2D eigenvalue weighted by atomic mass is 9.99. The van der Waals surface area contributed by atoms with Crippen LogP contribution in [0.25, 0.3) is 10.9 Å². The minimum Gasteiger partial charge on any atom is -0.392 e. The monoisotopic (exact) mass is 369 g/mol. The van der Waals surface area contributed by atoms with Crippen molar-refractivity contribution < 1.29 is 10.2 Å². The fourth-order valence-corrected chi connectivity index (χ4v) is 4.74. The number of piperidine rings is 1. The van der Waals surface area contributed by atoms with Crippen LogP contribution in [0.4, 0.5) is 5.82 Å². The van der Waals surface area contributed by atoms with Crippen molar-refractivity contribution in [3.8, 4) is 0 Å². The molecule has 0 saturated carbocycles. The van der Waals surface area contributed by atoms with Gasteiger partial charge in [0.15, 0.2) is 0 Å². The maximum Gasteiger partial charge on any atom is 0.134 e. The van der Waals surface area contributed by atoms with E-state index in [-0.39, 0.29) is 18.8 Å². The van der Waals surface area contributed by atoms with Crippen LogP contribution in [0.2, 0.25) is 0 Å². The Morgan fingerprint density at radius 2 is 1.89 bits per heavy atom. The van der Waals surface area contributed by atoms with Crippen molar-refractivity contribution in [3.05, 3.63) is 35.4 Å². The van der Waals surface area contributed by atoms with Crippen LogP contribution in [-0.2, 0) is 6.61 Å². The average molecular weight is 370 g/mol. The molecular formula is C22H31N3O2. The molecule has 146 valence electrons. The van der Waals surface area contributed by atoms with Gasteiger partial charge in [-0.2, -0.15) is 0 Å². The number of benzene rings is 1. The number of nitrogens with zero attached hydrogens (tertiary/aromatic N) is 3. The Hall–Kier alpha value is -1.69. The van der Waals surface area contributed by atoms with E-state index >= 15 is 0 Å². The van der Waals surface area contributed by atoms with Gasteiger partial charge in [-0.05, 0) is 50.9 Å². The van der Waals surface area contributed by atoms with Crippen LogP contribution in [0.3, 0.4) is 0 Å². The molecule has 0 unspecified atom stereocenters. The first kappa shape index (κ1) is 18.7. The van der Waals surface area contributed by atoms with E-state index in [2.05, 4.69) is 22.8 Å². The zero-order valence-corrected chi connectivity index (χ0v) is 16.3. The number of pyridine rings is 1. The highest BCUT2D eigenvalue weighted by Crippen LogP contribution is 2.29. The molecule has 27 heavy (non-hydrogen) atoms. The molecule has 2 saturated heterocycles. The van der Waals surface area contributed by atoms with Crippen LogP contribution >= 0.6 is 0 Å². The van der Waals surface area contributed by atoms with Crippen molar-refractivity contribution in [2.75, 3.05) is 31.1 Å². The molecule has 0 radical (unpaired) electrons. The number of fused-ring (bicyclic) bond motifs is 1. The average Bonchev–Trinajstić information content (AvgIpc) is 2.96. The van der Waals surface area contributed by atoms with Crippen LogP contribution in [0, 0.1) is 6.92 Å². The van der Waals surface area contributed by atoms with Gasteiger partial charge in [0, 0.05) is 30.1 Å². The Labute approximate surface area is 161 Å². The number of para-hydroxylation sites is 1. The summed E-state index contributed by atoms with van der Waals surface area (Å²) in [4.78, 5) is 9.56. The minimum absolute atomic E-state index is 0.0334. The van der Waals surface area contributed by atoms with Gasteiger partial charge in [-0.3, -0.25) is 4.90 Å². The SMILES string of the molecule is Cc1cccc2cc(CO)c(N3CC[C@@H](N4CCCCCC4)[C@H](O)C3)nc12. The minimum atomic E-state index is -0.377. The van der Waals surface area contributed by atoms with Crippen molar-refractivity contribution in [1.29, 1.82) is 0 Å². The molecule has 2 aliphatic heterocycles. The van der Waals surface area contributed by atoms with E-state index in [1.54, 1.807) is 0 Å². The van der Waals surface area contributed by atoms with E-state index in [0.717, 1.165) is 53.9 Å². The molecule has 2 atom stereocenters. The third kappa shape index (κ3) is 3.82. The van der Waals surface area contributed by atoms with E-state index in [1.807, 2.05) is 18.2 Å². The molecule has 2 N–H and O–H groups in total. The number of hydrogen-bond donors (Lipinski definition) is 2. The Morgan fingerprint density at radius 3 is 2.59 bits per heavy atom. The van der Waals surface area contributed by atoms with Gasteiger partial charge in [-0.1, -0.05) is 31.0 Å². The summed E-state index contributed by atoms with van der Waals surface area (Å²) < 4.78 is 0. The summed E-state index contributed by atoms with van der Waals surface area (Å²) in [5.74, 6) is 0.827. The van der Waals surface area contributed by atoms with Crippen LogP contribution in [0.5, 0.6) is 0 Å². The second-order valence-electron chi connectivity index (χ2n) is 8.10. The summed E-state index contributed by atoms with van der Waals surface area (Å²) in [6.07, 6.45) is 5.68. The highest BCUT2D eigenvalue weighted by atomic mass is 16.3. The number of aliphatic hydroxyl groups is 2. The molecule has 0 bridgehead atoms. The van der Waals surface area contributed by atoms with Crippen LogP contribution < -0.4 is 4.90 Å². The Bertz CT molecular complexity index is 786. The molecular weight excluding hydrogens is 338 g/mol. The Balaban J connectivity index is 1.57. The number of aryl methyl sites for hydroxylation is 1. The first-order chi connectivity index (χ1) is 13.2. The topological polar surface area (TPSA) is 59.8 Å². The second-order valence-corrected chi connectivity index (χ2v) is 8.10. The lowest BCUT2D eigenvalue weighted by molar-refractivity contribution is 0.0382. The number of anilines is 1. The van der Waals surface area contributed by atoms with Gasteiger partial charge >= 0.3 is 0 Å². The standard InChI is InChI=1S/C22H31N3O2/c1-16-7-6-8-17-13-18(15-26)22(23-21(16)17)25-12-9-19(20(27)14-25)24-10-4-2-3-5-11-24/h6-8,13,19-20,26-27H,2-5,9-12,14-15H2,1H3/t19-,20-/m1/s1. The molecule has 5 heteroatoms. The maximum absolute atomic E-state index is 10.9. The molecule has 3 heterocycles. The molecule has 5 nitrogen and oxygen atoms in total. The van der Waals surface area contributed by atoms with Crippen molar-refractivity contribution in [2.24, 2.45) is 0 Å². The van der Waals surface area contributed by atoms with E-state index in [1.165, 1.54) is 25.7 Å². The summed E-state index contributed by atoms with van der Waals surface area (Å²) in [6.45, 7) is 5.70. The van der Waals surface area contributed by atoms with Gasteiger partial charge in [0.25, 0.3) is 0 Å². The zero-order chi connectivity index (χ0) is 18.8. The number of hydrogen-bond acceptors (Lipinski definition) is 5. The van der Waals surface area contributed by atoms with Gasteiger partial charge in [0.1, 0.15) is 5.82 Å². The Kier molecular flexibility index (Phi) is 5.62. The highest BCUT2D eigenvalue weighted by Gasteiger charge is 2.33. The number of aliphatic hydroxyl groups excluding tert-OH is 2. The van der Waals surface area contributed by atoms with Gasteiger partial charge in [0.2, 0.25) is 0 Å². The number of rotatable bonds is 3. The molecule has 2 aliphatic rings. The van der Waals surface area contributed by atoms with Gasteiger partial charge in [-0.25, -0.2) is 4.98 Å². The molecule has 0 amide bonds. The van der Waals surface area contributed by atoms with Gasteiger partial charge in [0.05, 0.1) is 18.2 Å². The summed E-state index contributed by atoms with van der Waals surface area (Å²) in [7, 11) is 0. The molecule has 2 aromatic rings. The molecule has 0 spiro atoms. The van der Waals surface area contributed by atoms with Crippen molar-refractivity contribution in [1.82, 2.24) is 9.88 Å². The van der Waals surface area contributed by atoms with E-state index in [0.29, 0.717) is 6.54 Å². The van der Waals surface area contributed by atoms with Crippen LogP contribution in [0.1, 0.15) is 43.2 Å². The zero-order valence-electron chi connectivity index (χ0n) is 16.3. The summed E-state index contributed by atoms with van der Waals surface area (Å²) >= 11 is 0. The smallest absolute Gasteiger partial charge is 0.134 e. The third-order valence-electron chi connectivity index (χ3n) is 6.23. The van der Waals surface area contributed by atoms with Gasteiger partial charge in [-0.15, -0.1) is 0 Å². The van der Waals surface area contributed by atoms with Gasteiger partial charge < -0.3 is 15.1 Å². The lowest BCUT2D eigenvalue weighted by Gasteiger charge is -2.42. The number of aromatic nitrogens is 1. The van der Waals surface area contributed by atoms with E-state index in [9.17, 15) is 10.2 Å². The molecule has 2 fully saturated rings.